The first-order valence-electron chi connectivity index (χ1n) is 7.68. The van der Waals surface area contributed by atoms with Gasteiger partial charge in [0.2, 0.25) is 5.92 Å². The van der Waals surface area contributed by atoms with E-state index in [4.69, 9.17) is 0 Å². The first kappa shape index (κ1) is 14.9. The zero-order valence-electron chi connectivity index (χ0n) is 11.6. The molecule has 1 aliphatic carbocycles. The van der Waals surface area contributed by atoms with Gasteiger partial charge in [-0.25, -0.2) is 8.78 Å². The Morgan fingerprint density at radius 1 is 1.21 bits per heavy atom. The van der Waals surface area contributed by atoms with Gasteiger partial charge in [-0.1, -0.05) is 6.42 Å². The van der Waals surface area contributed by atoms with Crippen LogP contribution in [-0.4, -0.2) is 24.3 Å². The zero-order valence-corrected chi connectivity index (χ0v) is 11.6. The first-order valence-corrected chi connectivity index (χ1v) is 7.68. The molecule has 2 fully saturated rings. The van der Waals surface area contributed by atoms with Crippen molar-refractivity contribution in [2.75, 3.05) is 6.54 Å². The van der Waals surface area contributed by atoms with E-state index in [1.807, 2.05) is 0 Å². The van der Waals surface area contributed by atoms with E-state index >= 15 is 0 Å². The highest BCUT2D eigenvalue weighted by molar-refractivity contribution is 5.78. The van der Waals surface area contributed by atoms with Crippen molar-refractivity contribution in [3.05, 3.63) is 0 Å². The number of hydrogen-bond donors (Lipinski definition) is 1. The second-order valence-electron chi connectivity index (χ2n) is 6.25. The van der Waals surface area contributed by atoms with Crippen molar-refractivity contribution in [1.82, 2.24) is 5.32 Å². The molecule has 0 spiro atoms. The van der Waals surface area contributed by atoms with Gasteiger partial charge in [0.25, 0.3) is 0 Å². The van der Waals surface area contributed by atoms with E-state index in [0.29, 0.717) is 25.3 Å². The number of piperidine rings is 1. The summed E-state index contributed by atoms with van der Waals surface area (Å²) in [6.07, 6.45) is 6.68. The molecule has 2 aliphatic rings. The van der Waals surface area contributed by atoms with Gasteiger partial charge in [0, 0.05) is 31.7 Å². The van der Waals surface area contributed by atoms with E-state index in [1.54, 1.807) is 0 Å². The lowest BCUT2D eigenvalue weighted by atomic mass is 9.83. The molecular formula is C15H25F2NO. The minimum Gasteiger partial charge on any atom is -0.314 e. The minimum atomic E-state index is -2.53. The van der Waals surface area contributed by atoms with E-state index in [2.05, 4.69) is 5.32 Å². The van der Waals surface area contributed by atoms with Gasteiger partial charge < -0.3 is 5.32 Å². The average Bonchev–Trinajstić information content (AvgIpc) is 2.36. The number of halogens is 2. The van der Waals surface area contributed by atoms with Gasteiger partial charge in [0.1, 0.15) is 5.78 Å². The molecule has 4 heteroatoms. The summed E-state index contributed by atoms with van der Waals surface area (Å²) >= 11 is 0. The highest BCUT2D eigenvalue weighted by Crippen LogP contribution is 2.38. The van der Waals surface area contributed by atoms with Crippen LogP contribution in [0.3, 0.4) is 0 Å². The number of nitrogens with one attached hydrogen (secondary N) is 1. The molecule has 0 amide bonds. The highest BCUT2D eigenvalue weighted by Gasteiger charge is 2.36. The van der Waals surface area contributed by atoms with Crippen molar-refractivity contribution in [2.45, 2.75) is 76.2 Å². The van der Waals surface area contributed by atoms with E-state index in [0.717, 1.165) is 25.8 Å². The van der Waals surface area contributed by atoms with Gasteiger partial charge >= 0.3 is 0 Å². The summed E-state index contributed by atoms with van der Waals surface area (Å²) in [4.78, 5) is 11.9. The third-order valence-electron chi connectivity index (χ3n) is 4.44. The Kier molecular flexibility index (Phi) is 5.31. The Bertz CT molecular complexity index is 301. The SMILES string of the molecule is O=C(CCC1CCCCN1)CC1CCCC(F)(F)C1. The Hall–Kier alpha value is -0.510. The van der Waals surface area contributed by atoms with Crippen LogP contribution in [0.1, 0.15) is 64.2 Å². The molecule has 1 aliphatic heterocycles. The maximum Gasteiger partial charge on any atom is 0.248 e. The van der Waals surface area contributed by atoms with E-state index in [9.17, 15) is 13.6 Å². The molecule has 2 rings (SSSR count). The topological polar surface area (TPSA) is 29.1 Å². The maximum absolute atomic E-state index is 13.3. The lowest BCUT2D eigenvalue weighted by Gasteiger charge is -2.28. The van der Waals surface area contributed by atoms with Crippen LogP contribution < -0.4 is 5.32 Å². The molecule has 1 heterocycles. The molecule has 0 aromatic heterocycles. The molecule has 2 unspecified atom stereocenters. The predicted molar refractivity (Wildman–Crippen MR) is 71.4 cm³/mol. The Labute approximate surface area is 114 Å². The van der Waals surface area contributed by atoms with Gasteiger partial charge in [-0.3, -0.25) is 4.79 Å². The normalized spacial score (nSPS) is 31.1. The molecule has 2 nitrogen and oxygen atoms in total. The molecule has 0 bridgehead atoms. The molecule has 2 atom stereocenters. The Morgan fingerprint density at radius 2 is 2.05 bits per heavy atom. The van der Waals surface area contributed by atoms with E-state index in [1.165, 1.54) is 12.8 Å². The van der Waals surface area contributed by atoms with Crippen molar-refractivity contribution < 1.29 is 13.6 Å². The van der Waals surface area contributed by atoms with Crippen molar-refractivity contribution in [1.29, 1.82) is 0 Å². The van der Waals surface area contributed by atoms with Crippen LogP contribution in [0.25, 0.3) is 0 Å². The van der Waals surface area contributed by atoms with Crippen LogP contribution in [0.2, 0.25) is 0 Å². The number of alkyl halides is 2. The van der Waals surface area contributed by atoms with E-state index in [-0.39, 0.29) is 24.5 Å². The molecule has 0 radical (unpaired) electrons. The fourth-order valence-corrected chi connectivity index (χ4v) is 3.38. The Balaban J connectivity index is 1.66. The van der Waals surface area contributed by atoms with Crippen molar-refractivity contribution in [3.63, 3.8) is 0 Å². The third-order valence-corrected chi connectivity index (χ3v) is 4.44. The van der Waals surface area contributed by atoms with E-state index < -0.39 is 5.92 Å². The summed E-state index contributed by atoms with van der Waals surface area (Å²) in [5.41, 5.74) is 0. The van der Waals surface area contributed by atoms with Crippen molar-refractivity contribution in [3.8, 4) is 0 Å². The minimum absolute atomic E-state index is 0.00366. The van der Waals surface area contributed by atoms with Crippen LogP contribution in [0.4, 0.5) is 8.78 Å². The smallest absolute Gasteiger partial charge is 0.248 e. The average molecular weight is 273 g/mol. The van der Waals surface area contributed by atoms with Crippen LogP contribution in [0, 0.1) is 5.92 Å². The number of Topliss-reactive ketones (excluding diaryl/α,β-unsaturated/α-hetero) is 1. The van der Waals surface area contributed by atoms with Crippen LogP contribution >= 0.6 is 0 Å². The second-order valence-corrected chi connectivity index (χ2v) is 6.25. The molecule has 0 aromatic rings. The lowest BCUT2D eigenvalue weighted by Crippen LogP contribution is -2.34. The van der Waals surface area contributed by atoms with Gasteiger partial charge in [0.05, 0.1) is 0 Å². The monoisotopic (exact) mass is 273 g/mol. The number of carbonyl (C=O) groups excluding carboxylic acids is 1. The molecule has 1 saturated heterocycles. The third kappa shape index (κ3) is 5.17. The van der Waals surface area contributed by atoms with Gasteiger partial charge in [-0.2, -0.15) is 0 Å². The second kappa shape index (κ2) is 6.78. The first-order chi connectivity index (χ1) is 9.05. The number of carbonyl (C=O) groups is 1. The fraction of sp³-hybridized carbons (Fsp3) is 0.933. The summed E-state index contributed by atoms with van der Waals surface area (Å²) in [6, 6.07) is 0.463. The summed E-state index contributed by atoms with van der Waals surface area (Å²) in [7, 11) is 0. The van der Waals surface area contributed by atoms with Crippen molar-refractivity contribution >= 4 is 5.78 Å². The largest absolute Gasteiger partial charge is 0.314 e. The summed E-state index contributed by atoms with van der Waals surface area (Å²) < 4.78 is 26.5. The predicted octanol–water partition coefficient (Wildman–Crippen LogP) is 3.69. The van der Waals surface area contributed by atoms with Gasteiger partial charge in [-0.05, 0) is 44.6 Å². The van der Waals surface area contributed by atoms with Crippen LogP contribution in [0.5, 0.6) is 0 Å². The molecule has 1 N–H and O–H groups in total. The Morgan fingerprint density at radius 3 is 2.74 bits per heavy atom. The quantitative estimate of drug-likeness (QED) is 0.827. The molecule has 110 valence electrons. The van der Waals surface area contributed by atoms with Gasteiger partial charge in [0.15, 0.2) is 0 Å². The molecule has 1 saturated carbocycles. The standard InChI is InChI=1S/C15H25F2NO/c16-15(17)8-3-4-12(11-15)10-14(19)7-6-13-5-1-2-9-18-13/h12-13,18H,1-11H2. The summed E-state index contributed by atoms with van der Waals surface area (Å²) in [5, 5.41) is 3.42. The van der Waals surface area contributed by atoms with Crippen LogP contribution in [-0.2, 0) is 4.79 Å². The fourth-order valence-electron chi connectivity index (χ4n) is 3.38. The van der Waals surface area contributed by atoms with Gasteiger partial charge in [-0.15, -0.1) is 0 Å². The molecular weight excluding hydrogens is 248 g/mol. The van der Waals surface area contributed by atoms with Crippen LogP contribution in [0.15, 0.2) is 0 Å². The number of ketones is 1. The maximum atomic E-state index is 13.3. The zero-order chi connectivity index (χ0) is 13.7. The lowest BCUT2D eigenvalue weighted by molar-refractivity contribution is -0.121. The summed E-state index contributed by atoms with van der Waals surface area (Å²) in [6.45, 7) is 1.05. The molecule has 19 heavy (non-hydrogen) atoms. The number of rotatable bonds is 5. The highest BCUT2D eigenvalue weighted by atomic mass is 19.3. The summed E-state index contributed by atoms with van der Waals surface area (Å²) in [5.74, 6) is -2.45. The molecule has 0 aromatic carbocycles. The van der Waals surface area contributed by atoms with Crippen molar-refractivity contribution in [2.24, 2.45) is 5.92 Å². The number of hydrogen-bond acceptors (Lipinski definition) is 2.